The van der Waals surface area contributed by atoms with Crippen molar-refractivity contribution < 1.29 is 9.47 Å². The molecule has 0 saturated carbocycles. The van der Waals surface area contributed by atoms with Crippen LogP contribution in [0.25, 0.3) is 0 Å². The monoisotopic (exact) mass is 358 g/mol. The van der Waals surface area contributed by atoms with E-state index in [4.69, 9.17) is 9.47 Å². The SMILES string of the molecule is CCCCCCCCCCCCCCCC[SiH2]C(OCC)OCC. The second-order valence-electron chi connectivity index (χ2n) is 7.08. The van der Waals surface area contributed by atoms with E-state index in [2.05, 4.69) is 20.8 Å². The van der Waals surface area contributed by atoms with Gasteiger partial charge in [0.05, 0.1) is 9.52 Å². The van der Waals surface area contributed by atoms with Gasteiger partial charge in [0, 0.05) is 13.2 Å². The van der Waals surface area contributed by atoms with Gasteiger partial charge < -0.3 is 9.47 Å². The second-order valence-corrected chi connectivity index (χ2v) is 9.03. The summed E-state index contributed by atoms with van der Waals surface area (Å²) in [6.07, 6.45) is 20.2. The molecule has 0 aliphatic heterocycles. The van der Waals surface area contributed by atoms with Gasteiger partial charge in [-0.25, -0.2) is 0 Å². The number of hydrogen-bond donors (Lipinski definition) is 0. The smallest absolute Gasteiger partial charge is 0.134 e. The summed E-state index contributed by atoms with van der Waals surface area (Å²) in [4.78, 5) is 0. The van der Waals surface area contributed by atoms with Crippen molar-refractivity contribution in [1.29, 1.82) is 0 Å². The van der Waals surface area contributed by atoms with E-state index in [0.717, 1.165) is 13.2 Å². The molecular formula is C21H46O2Si. The van der Waals surface area contributed by atoms with Crippen LogP contribution in [0.15, 0.2) is 0 Å². The number of unbranched alkanes of at least 4 members (excludes halogenated alkanes) is 13. The van der Waals surface area contributed by atoms with Crippen LogP contribution in [0.4, 0.5) is 0 Å². The Morgan fingerprint density at radius 1 is 0.542 bits per heavy atom. The van der Waals surface area contributed by atoms with E-state index in [-0.39, 0.29) is 15.4 Å². The summed E-state index contributed by atoms with van der Waals surface area (Å²) < 4.78 is 11.3. The largest absolute Gasteiger partial charge is 0.357 e. The van der Waals surface area contributed by atoms with E-state index in [9.17, 15) is 0 Å². The first-order valence-electron chi connectivity index (χ1n) is 11.1. The Balaban J connectivity index is 3.14. The molecule has 0 amide bonds. The lowest BCUT2D eigenvalue weighted by Crippen LogP contribution is -2.24. The maximum Gasteiger partial charge on any atom is 0.134 e. The summed E-state index contributed by atoms with van der Waals surface area (Å²) in [5, 5.41) is 0. The molecule has 0 spiro atoms. The highest BCUT2D eigenvalue weighted by molar-refractivity contribution is 6.36. The van der Waals surface area contributed by atoms with Gasteiger partial charge in [-0.05, 0) is 13.8 Å². The van der Waals surface area contributed by atoms with Crippen LogP contribution in [0.5, 0.6) is 0 Å². The maximum absolute atomic E-state index is 5.64. The van der Waals surface area contributed by atoms with Crippen molar-refractivity contribution in [3.8, 4) is 0 Å². The molecule has 3 heteroatoms. The van der Waals surface area contributed by atoms with Gasteiger partial charge in [0.1, 0.15) is 5.91 Å². The van der Waals surface area contributed by atoms with Gasteiger partial charge in [0.25, 0.3) is 0 Å². The van der Waals surface area contributed by atoms with Crippen molar-refractivity contribution in [2.75, 3.05) is 13.2 Å². The highest BCUT2D eigenvalue weighted by atomic mass is 28.2. The van der Waals surface area contributed by atoms with Crippen LogP contribution >= 0.6 is 0 Å². The Morgan fingerprint density at radius 3 is 1.29 bits per heavy atom. The Morgan fingerprint density at radius 2 is 0.917 bits per heavy atom. The zero-order chi connectivity index (χ0) is 17.7. The summed E-state index contributed by atoms with van der Waals surface area (Å²) in [7, 11) is -0.203. The molecule has 24 heavy (non-hydrogen) atoms. The minimum absolute atomic E-state index is 0.168. The molecule has 0 atom stereocenters. The van der Waals surface area contributed by atoms with Gasteiger partial charge in [-0.3, -0.25) is 0 Å². The normalized spacial score (nSPS) is 12.0. The topological polar surface area (TPSA) is 18.5 Å². The van der Waals surface area contributed by atoms with Crippen molar-refractivity contribution >= 4 is 9.52 Å². The minimum atomic E-state index is -0.203. The first-order valence-corrected chi connectivity index (χ1v) is 12.9. The fraction of sp³-hybridized carbons (Fsp3) is 1.00. The van der Waals surface area contributed by atoms with Crippen molar-refractivity contribution in [3.05, 3.63) is 0 Å². The third-order valence-corrected chi connectivity index (χ3v) is 6.60. The van der Waals surface area contributed by atoms with E-state index in [1.54, 1.807) is 0 Å². The van der Waals surface area contributed by atoms with Crippen LogP contribution < -0.4 is 0 Å². The summed E-state index contributed by atoms with van der Waals surface area (Å²) in [6.45, 7) is 7.99. The van der Waals surface area contributed by atoms with Crippen molar-refractivity contribution in [3.63, 3.8) is 0 Å². The first kappa shape index (κ1) is 24.1. The zero-order valence-corrected chi connectivity index (χ0v) is 18.5. The predicted octanol–water partition coefficient (Wildman–Crippen LogP) is 6.41. The van der Waals surface area contributed by atoms with Crippen molar-refractivity contribution in [1.82, 2.24) is 0 Å². The third kappa shape index (κ3) is 18.5. The highest BCUT2D eigenvalue weighted by Gasteiger charge is 2.07. The van der Waals surface area contributed by atoms with Crippen LogP contribution in [0.3, 0.4) is 0 Å². The molecule has 0 aliphatic rings. The Kier molecular flexibility index (Phi) is 21.3. The van der Waals surface area contributed by atoms with E-state index in [1.165, 1.54) is 95.9 Å². The quantitative estimate of drug-likeness (QED) is 0.142. The molecule has 0 aromatic rings. The molecule has 0 rings (SSSR count). The van der Waals surface area contributed by atoms with Crippen LogP contribution in [0.2, 0.25) is 6.04 Å². The van der Waals surface area contributed by atoms with E-state index < -0.39 is 0 Å². The van der Waals surface area contributed by atoms with Crippen molar-refractivity contribution in [2.24, 2.45) is 0 Å². The predicted molar refractivity (Wildman–Crippen MR) is 111 cm³/mol. The number of ether oxygens (including phenoxy) is 2. The molecule has 0 fully saturated rings. The average Bonchev–Trinajstić information content (AvgIpc) is 2.58. The zero-order valence-electron chi connectivity index (χ0n) is 17.1. The van der Waals surface area contributed by atoms with Crippen LogP contribution in [-0.4, -0.2) is 28.6 Å². The molecule has 0 saturated heterocycles. The Labute approximate surface area is 155 Å². The van der Waals surface area contributed by atoms with Gasteiger partial charge in [-0.15, -0.1) is 0 Å². The standard InChI is InChI=1S/C21H46O2Si/c1-4-7-8-9-10-11-12-13-14-15-16-17-18-19-20-24-21(22-5-2)23-6-3/h21H,4-20,24H2,1-3H3. The van der Waals surface area contributed by atoms with Gasteiger partial charge in [-0.2, -0.15) is 0 Å². The Bertz CT molecular complexity index is 218. The maximum atomic E-state index is 5.64. The third-order valence-electron chi connectivity index (χ3n) is 4.75. The molecule has 0 aromatic carbocycles. The first-order chi connectivity index (χ1) is 11.8. The molecule has 0 aromatic heterocycles. The van der Waals surface area contributed by atoms with Gasteiger partial charge in [0.2, 0.25) is 0 Å². The summed E-state index contributed by atoms with van der Waals surface area (Å²) >= 11 is 0. The molecular weight excluding hydrogens is 312 g/mol. The molecule has 0 unspecified atom stereocenters. The molecule has 146 valence electrons. The van der Waals surface area contributed by atoms with E-state index in [0.29, 0.717) is 0 Å². The second kappa shape index (κ2) is 21.2. The average molecular weight is 359 g/mol. The molecule has 0 heterocycles. The van der Waals surface area contributed by atoms with E-state index in [1.807, 2.05) is 0 Å². The number of rotatable bonds is 20. The lowest BCUT2D eigenvalue weighted by atomic mass is 10.0. The summed E-state index contributed by atoms with van der Waals surface area (Å²) in [5.74, 6) is 0.168. The molecule has 0 bridgehead atoms. The Hall–Kier alpha value is 0.137. The van der Waals surface area contributed by atoms with Crippen LogP contribution in [0, 0.1) is 0 Å². The lowest BCUT2D eigenvalue weighted by Gasteiger charge is -2.16. The molecule has 0 aliphatic carbocycles. The van der Waals surface area contributed by atoms with Gasteiger partial charge >= 0.3 is 0 Å². The minimum Gasteiger partial charge on any atom is -0.357 e. The summed E-state index contributed by atoms with van der Waals surface area (Å²) in [5.41, 5.74) is 0. The number of hydrogen-bond acceptors (Lipinski definition) is 2. The van der Waals surface area contributed by atoms with Gasteiger partial charge in [0.15, 0.2) is 0 Å². The fourth-order valence-corrected chi connectivity index (χ4v) is 5.05. The molecule has 0 N–H and O–H groups in total. The summed E-state index contributed by atoms with van der Waals surface area (Å²) in [6, 6.07) is 1.38. The lowest BCUT2D eigenvalue weighted by molar-refractivity contribution is -0.0827. The highest BCUT2D eigenvalue weighted by Crippen LogP contribution is 2.13. The van der Waals surface area contributed by atoms with Gasteiger partial charge in [-0.1, -0.05) is 103 Å². The molecule has 2 nitrogen and oxygen atoms in total. The van der Waals surface area contributed by atoms with Crippen molar-refractivity contribution in [2.45, 2.75) is 123 Å². The van der Waals surface area contributed by atoms with E-state index >= 15 is 0 Å². The fourth-order valence-electron chi connectivity index (χ4n) is 3.27. The van der Waals surface area contributed by atoms with Crippen LogP contribution in [-0.2, 0) is 9.47 Å². The molecule has 0 radical (unpaired) electrons. The van der Waals surface area contributed by atoms with Crippen LogP contribution in [0.1, 0.15) is 111 Å².